The van der Waals surface area contributed by atoms with Gasteiger partial charge in [0.15, 0.2) is 5.65 Å². The molecular formula is C13H10N4O2. The Hall–Kier alpha value is -2.76. The van der Waals surface area contributed by atoms with Gasteiger partial charge in [0.05, 0.1) is 18.3 Å². The van der Waals surface area contributed by atoms with Crippen LogP contribution in [0.25, 0.3) is 11.0 Å². The molecule has 0 unspecified atom stereocenters. The van der Waals surface area contributed by atoms with Crippen LogP contribution >= 0.6 is 0 Å². The summed E-state index contributed by atoms with van der Waals surface area (Å²) in [5.41, 5.74) is 1.89. The van der Waals surface area contributed by atoms with E-state index in [9.17, 15) is 4.79 Å². The number of aromatic carboxylic acids is 1. The van der Waals surface area contributed by atoms with Gasteiger partial charge in [0.2, 0.25) is 0 Å². The van der Waals surface area contributed by atoms with Crippen molar-refractivity contribution >= 4 is 17.0 Å². The maximum atomic E-state index is 10.9. The van der Waals surface area contributed by atoms with E-state index in [0.717, 1.165) is 5.56 Å². The Morgan fingerprint density at radius 1 is 1.26 bits per heavy atom. The minimum atomic E-state index is -0.990. The minimum Gasteiger partial charge on any atom is -0.478 e. The fraction of sp³-hybridized carbons (Fsp3) is 0.0769. The molecule has 1 N–H and O–H groups in total. The Kier molecular flexibility index (Phi) is 2.68. The van der Waals surface area contributed by atoms with Crippen molar-refractivity contribution in [1.29, 1.82) is 0 Å². The van der Waals surface area contributed by atoms with Gasteiger partial charge in [0.25, 0.3) is 0 Å². The van der Waals surface area contributed by atoms with E-state index in [-0.39, 0.29) is 5.56 Å². The van der Waals surface area contributed by atoms with Crippen LogP contribution in [0.2, 0.25) is 0 Å². The van der Waals surface area contributed by atoms with Crippen molar-refractivity contribution in [3.05, 3.63) is 54.1 Å². The van der Waals surface area contributed by atoms with E-state index < -0.39 is 5.97 Å². The van der Waals surface area contributed by atoms with Gasteiger partial charge in [-0.2, -0.15) is 5.10 Å². The number of rotatable bonds is 3. The summed E-state index contributed by atoms with van der Waals surface area (Å²) in [6.07, 6.45) is 6.40. The Morgan fingerprint density at radius 3 is 2.79 bits per heavy atom. The fourth-order valence-electron chi connectivity index (χ4n) is 1.87. The number of carbonyl (C=O) groups is 1. The smallest absolute Gasteiger partial charge is 0.337 e. The number of pyridine rings is 2. The molecule has 0 saturated heterocycles. The predicted molar refractivity (Wildman–Crippen MR) is 67.8 cm³/mol. The maximum absolute atomic E-state index is 10.9. The molecule has 0 fully saturated rings. The normalized spacial score (nSPS) is 10.7. The number of carboxylic acids is 1. The van der Waals surface area contributed by atoms with Crippen LogP contribution in [0.15, 0.2) is 43.0 Å². The molecule has 3 rings (SSSR count). The lowest BCUT2D eigenvalue weighted by Gasteiger charge is -2.02. The summed E-state index contributed by atoms with van der Waals surface area (Å²) in [4.78, 5) is 19.0. The molecule has 0 bridgehead atoms. The molecular weight excluding hydrogens is 244 g/mol. The highest BCUT2D eigenvalue weighted by Gasteiger charge is 2.09. The average molecular weight is 254 g/mol. The molecule has 19 heavy (non-hydrogen) atoms. The number of nitrogens with zero attached hydrogens (tertiary/aromatic N) is 4. The first-order chi connectivity index (χ1) is 9.24. The van der Waals surface area contributed by atoms with Crippen molar-refractivity contribution in [3.63, 3.8) is 0 Å². The molecule has 0 aliphatic rings. The minimum absolute atomic E-state index is 0.163. The molecule has 0 amide bonds. The number of fused-ring (bicyclic) bond motifs is 1. The summed E-state index contributed by atoms with van der Waals surface area (Å²) in [7, 11) is 0. The van der Waals surface area contributed by atoms with Crippen LogP contribution in [0.4, 0.5) is 0 Å². The van der Waals surface area contributed by atoms with E-state index in [0.29, 0.717) is 17.6 Å². The maximum Gasteiger partial charge on any atom is 0.337 e. The first-order valence-electron chi connectivity index (χ1n) is 5.68. The topological polar surface area (TPSA) is 80.9 Å². The number of carboxylic acid groups (broad SMARTS) is 1. The van der Waals surface area contributed by atoms with Crippen LogP contribution in [0.1, 0.15) is 15.9 Å². The summed E-state index contributed by atoms with van der Waals surface area (Å²) < 4.78 is 1.73. The lowest BCUT2D eigenvalue weighted by atomic mass is 10.2. The highest BCUT2D eigenvalue weighted by molar-refractivity contribution is 5.91. The van der Waals surface area contributed by atoms with Gasteiger partial charge in [-0.05, 0) is 23.8 Å². The first kappa shape index (κ1) is 11.3. The van der Waals surface area contributed by atoms with Crippen LogP contribution in [0.5, 0.6) is 0 Å². The summed E-state index contributed by atoms with van der Waals surface area (Å²) >= 11 is 0. The summed E-state index contributed by atoms with van der Waals surface area (Å²) in [6, 6.07) is 5.37. The van der Waals surface area contributed by atoms with Crippen molar-refractivity contribution in [3.8, 4) is 0 Å². The first-order valence-corrected chi connectivity index (χ1v) is 5.68. The molecule has 0 aliphatic carbocycles. The zero-order valence-corrected chi connectivity index (χ0v) is 9.89. The van der Waals surface area contributed by atoms with E-state index >= 15 is 0 Å². The number of hydrogen-bond acceptors (Lipinski definition) is 4. The zero-order valence-electron chi connectivity index (χ0n) is 9.89. The molecule has 6 nitrogen and oxygen atoms in total. The van der Waals surface area contributed by atoms with Gasteiger partial charge in [0.1, 0.15) is 0 Å². The SMILES string of the molecule is O=C(O)c1cnc2c(cnn2Cc2ccncc2)c1. The van der Waals surface area contributed by atoms with Gasteiger partial charge in [0, 0.05) is 24.0 Å². The highest BCUT2D eigenvalue weighted by Crippen LogP contribution is 2.14. The van der Waals surface area contributed by atoms with Crippen molar-refractivity contribution in [1.82, 2.24) is 19.7 Å². The summed E-state index contributed by atoms with van der Waals surface area (Å²) in [5, 5.41) is 13.9. The van der Waals surface area contributed by atoms with Crippen LogP contribution in [0.3, 0.4) is 0 Å². The molecule has 0 spiro atoms. The van der Waals surface area contributed by atoms with Crippen molar-refractivity contribution in [2.24, 2.45) is 0 Å². The monoisotopic (exact) mass is 254 g/mol. The number of aromatic nitrogens is 4. The van der Waals surface area contributed by atoms with Gasteiger partial charge >= 0.3 is 5.97 Å². The van der Waals surface area contributed by atoms with E-state index in [1.807, 2.05) is 12.1 Å². The van der Waals surface area contributed by atoms with Crippen LogP contribution in [0, 0.1) is 0 Å². The lowest BCUT2D eigenvalue weighted by molar-refractivity contribution is 0.0696. The molecule has 0 aromatic carbocycles. The zero-order chi connectivity index (χ0) is 13.2. The second-order valence-corrected chi connectivity index (χ2v) is 4.10. The molecule has 94 valence electrons. The second kappa shape index (κ2) is 4.49. The quantitative estimate of drug-likeness (QED) is 0.767. The number of hydrogen-bond donors (Lipinski definition) is 1. The Labute approximate surface area is 108 Å². The third-order valence-corrected chi connectivity index (χ3v) is 2.80. The van der Waals surface area contributed by atoms with Crippen LogP contribution in [-0.2, 0) is 6.54 Å². The third kappa shape index (κ3) is 2.15. The second-order valence-electron chi connectivity index (χ2n) is 4.10. The Morgan fingerprint density at radius 2 is 2.05 bits per heavy atom. The van der Waals surface area contributed by atoms with Crippen LogP contribution < -0.4 is 0 Å². The summed E-state index contributed by atoms with van der Waals surface area (Å²) in [5.74, 6) is -0.990. The van der Waals surface area contributed by atoms with Gasteiger partial charge in [-0.15, -0.1) is 0 Å². The molecule has 3 aromatic rings. The van der Waals surface area contributed by atoms with Crippen molar-refractivity contribution < 1.29 is 9.90 Å². The molecule has 0 aliphatic heterocycles. The van der Waals surface area contributed by atoms with Gasteiger partial charge < -0.3 is 5.11 Å². The molecule has 3 aromatic heterocycles. The molecule has 0 atom stereocenters. The standard InChI is InChI=1S/C13H10N4O2/c18-13(19)11-5-10-7-16-17(12(10)15-6-11)8-9-1-3-14-4-2-9/h1-7H,8H2,(H,18,19). The molecule has 0 saturated carbocycles. The van der Waals surface area contributed by atoms with E-state index in [2.05, 4.69) is 15.1 Å². The van der Waals surface area contributed by atoms with Gasteiger partial charge in [-0.3, -0.25) is 4.98 Å². The Bertz CT molecular complexity index is 737. The van der Waals surface area contributed by atoms with E-state index in [1.54, 1.807) is 29.3 Å². The molecule has 6 heteroatoms. The van der Waals surface area contributed by atoms with Gasteiger partial charge in [-0.25, -0.2) is 14.5 Å². The third-order valence-electron chi connectivity index (χ3n) is 2.80. The van der Waals surface area contributed by atoms with E-state index in [4.69, 9.17) is 5.11 Å². The lowest BCUT2D eigenvalue weighted by Crippen LogP contribution is -2.03. The van der Waals surface area contributed by atoms with Crippen LogP contribution in [-0.4, -0.2) is 30.8 Å². The van der Waals surface area contributed by atoms with Crippen molar-refractivity contribution in [2.75, 3.05) is 0 Å². The predicted octanol–water partition coefficient (Wildman–Crippen LogP) is 1.57. The Balaban J connectivity index is 1.99. The fourth-order valence-corrected chi connectivity index (χ4v) is 1.87. The summed E-state index contributed by atoms with van der Waals surface area (Å²) in [6.45, 7) is 0.575. The molecule has 0 radical (unpaired) electrons. The highest BCUT2D eigenvalue weighted by atomic mass is 16.4. The van der Waals surface area contributed by atoms with Gasteiger partial charge in [-0.1, -0.05) is 0 Å². The van der Waals surface area contributed by atoms with Crippen molar-refractivity contribution in [2.45, 2.75) is 6.54 Å². The van der Waals surface area contributed by atoms with E-state index in [1.165, 1.54) is 6.20 Å². The largest absolute Gasteiger partial charge is 0.478 e. The average Bonchev–Trinajstić information content (AvgIpc) is 2.82. The molecule has 3 heterocycles.